The van der Waals surface area contributed by atoms with Crippen molar-refractivity contribution < 1.29 is 4.92 Å². The molecular weight excluding hydrogens is 457 g/mol. The number of hydrogen-bond donors (Lipinski definition) is 2. The minimum atomic E-state index is -0.388. The van der Waals surface area contributed by atoms with E-state index in [0.717, 1.165) is 37.7 Å². The van der Waals surface area contributed by atoms with E-state index in [2.05, 4.69) is 34.4 Å². The summed E-state index contributed by atoms with van der Waals surface area (Å²) in [4.78, 5) is 17.5. The molecule has 8 heteroatoms. The number of likely N-dealkylation sites (tertiary alicyclic amines) is 1. The molecular formula is C19H32IN5O2. The number of guanidine groups is 1. The first-order chi connectivity index (χ1) is 12.4. The minimum absolute atomic E-state index is 0. The molecule has 0 bridgehead atoms. The number of benzene rings is 1. The summed E-state index contributed by atoms with van der Waals surface area (Å²) < 4.78 is 0. The number of nitrogens with zero attached hydrogens (tertiary/aromatic N) is 3. The first-order valence-electron chi connectivity index (χ1n) is 9.43. The van der Waals surface area contributed by atoms with E-state index in [4.69, 9.17) is 0 Å². The molecule has 0 aliphatic carbocycles. The molecule has 2 N–H and O–H groups in total. The summed E-state index contributed by atoms with van der Waals surface area (Å²) >= 11 is 0. The number of halogens is 1. The van der Waals surface area contributed by atoms with Crippen LogP contribution in [-0.4, -0.2) is 47.5 Å². The Hall–Kier alpha value is -1.42. The van der Waals surface area contributed by atoms with Crippen molar-refractivity contribution in [1.29, 1.82) is 0 Å². The molecule has 0 atom stereocenters. The predicted octanol–water partition coefficient (Wildman–Crippen LogP) is 3.53. The Bertz CT molecular complexity index is 613. The van der Waals surface area contributed by atoms with E-state index in [1.807, 2.05) is 6.92 Å². The molecule has 1 heterocycles. The number of piperidine rings is 1. The third-order valence-electron chi connectivity index (χ3n) is 4.81. The van der Waals surface area contributed by atoms with Crippen LogP contribution in [0.5, 0.6) is 0 Å². The van der Waals surface area contributed by atoms with Crippen molar-refractivity contribution in [2.45, 2.75) is 52.1 Å². The van der Waals surface area contributed by atoms with Gasteiger partial charge in [0.25, 0.3) is 5.69 Å². The van der Waals surface area contributed by atoms with Crippen molar-refractivity contribution in [2.75, 3.05) is 26.2 Å². The molecule has 152 valence electrons. The van der Waals surface area contributed by atoms with Gasteiger partial charge in [-0.25, -0.2) is 4.99 Å². The quantitative estimate of drug-likeness (QED) is 0.201. The summed E-state index contributed by atoms with van der Waals surface area (Å²) in [6, 6.07) is 6.54. The summed E-state index contributed by atoms with van der Waals surface area (Å²) in [6.07, 6.45) is 3.88. The van der Waals surface area contributed by atoms with E-state index in [0.29, 0.717) is 6.54 Å². The van der Waals surface area contributed by atoms with Gasteiger partial charge in [0.1, 0.15) is 0 Å². The SMILES string of the molecule is CCNC(=NCc1ccc([N+](=O)[O-])cc1)NCC(C)(C)N1CCCCC1.I. The van der Waals surface area contributed by atoms with E-state index in [1.54, 1.807) is 12.1 Å². The Morgan fingerprint density at radius 1 is 1.19 bits per heavy atom. The van der Waals surface area contributed by atoms with Gasteiger partial charge in [0.05, 0.1) is 11.5 Å². The Labute approximate surface area is 179 Å². The van der Waals surface area contributed by atoms with Crippen molar-refractivity contribution in [3.05, 3.63) is 39.9 Å². The van der Waals surface area contributed by atoms with Crippen LogP contribution in [0.2, 0.25) is 0 Å². The lowest BCUT2D eigenvalue weighted by atomic mass is 9.98. The first-order valence-corrected chi connectivity index (χ1v) is 9.43. The molecule has 27 heavy (non-hydrogen) atoms. The van der Waals surface area contributed by atoms with E-state index < -0.39 is 0 Å². The van der Waals surface area contributed by atoms with Crippen molar-refractivity contribution >= 4 is 35.6 Å². The van der Waals surface area contributed by atoms with Gasteiger partial charge in [-0.05, 0) is 52.3 Å². The van der Waals surface area contributed by atoms with Crippen LogP contribution in [0.1, 0.15) is 45.6 Å². The number of aliphatic imine (C=N–C) groups is 1. The van der Waals surface area contributed by atoms with E-state index in [9.17, 15) is 10.1 Å². The molecule has 1 aliphatic heterocycles. The lowest BCUT2D eigenvalue weighted by molar-refractivity contribution is -0.384. The second kappa shape index (κ2) is 11.4. The molecule has 7 nitrogen and oxygen atoms in total. The molecule has 1 aliphatic rings. The Kier molecular flexibility index (Phi) is 10.00. The van der Waals surface area contributed by atoms with E-state index in [-0.39, 0.29) is 40.1 Å². The third-order valence-corrected chi connectivity index (χ3v) is 4.81. The highest BCUT2D eigenvalue weighted by atomic mass is 127. The van der Waals surface area contributed by atoms with Gasteiger partial charge in [0, 0.05) is 30.8 Å². The molecule has 0 unspecified atom stereocenters. The molecule has 0 radical (unpaired) electrons. The molecule has 0 amide bonds. The lowest BCUT2D eigenvalue weighted by Crippen LogP contribution is -2.54. The van der Waals surface area contributed by atoms with Crippen molar-refractivity contribution in [3.8, 4) is 0 Å². The Balaban J connectivity index is 0.00000364. The van der Waals surface area contributed by atoms with Crippen LogP contribution in [0, 0.1) is 10.1 Å². The molecule has 0 spiro atoms. The standard InChI is InChI=1S/C19H31N5O2.HI/c1-4-20-18(21-14-16-8-10-17(11-9-16)24(25)26)22-15-19(2,3)23-12-6-5-7-13-23;/h8-11H,4-7,12-15H2,1-3H3,(H2,20,21,22);1H. The minimum Gasteiger partial charge on any atom is -0.357 e. The van der Waals surface area contributed by atoms with Gasteiger partial charge in [0.15, 0.2) is 5.96 Å². The van der Waals surface area contributed by atoms with Crippen LogP contribution in [0.4, 0.5) is 5.69 Å². The molecule has 2 rings (SSSR count). The largest absolute Gasteiger partial charge is 0.357 e. The van der Waals surface area contributed by atoms with Crippen molar-refractivity contribution in [2.24, 2.45) is 4.99 Å². The maximum absolute atomic E-state index is 10.7. The average molecular weight is 489 g/mol. The highest BCUT2D eigenvalue weighted by molar-refractivity contribution is 14.0. The molecule has 1 aromatic rings. The van der Waals surface area contributed by atoms with Gasteiger partial charge in [-0.3, -0.25) is 15.0 Å². The number of non-ortho nitro benzene ring substituents is 1. The van der Waals surface area contributed by atoms with Gasteiger partial charge in [0.2, 0.25) is 0 Å². The van der Waals surface area contributed by atoms with E-state index >= 15 is 0 Å². The van der Waals surface area contributed by atoms with Gasteiger partial charge in [-0.2, -0.15) is 0 Å². The fourth-order valence-electron chi connectivity index (χ4n) is 3.15. The molecule has 0 aromatic heterocycles. The zero-order chi connectivity index (χ0) is 19.0. The molecule has 0 saturated carbocycles. The van der Waals surface area contributed by atoms with Crippen LogP contribution >= 0.6 is 24.0 Å². The summed E-state index contributed by atoms with van der Waals surface area (Å²) in [5.41, 5.74) is 1.12. The Morgan fingerprint density at radius 2 is 1.81 bits per heavy atom. The second-order valence-electron chi connectivity index (χ2n) is 7.33. The number of hydrogen-bond acceptors (Lipinski definition) is 4. The zero-order valence-electron chi connectivity index (χ0n) is 16.5. The van der Waals surface area contributed by atoms with Crippen LogP contribution < -0.4 is 10.6 Å². The lowest BCUT2D eigenvalue weighted by Gasteiger charge is -2.41. The summed E-state index contributed by atoms with van der Waals surface area (Å²) in [5.74, 6) is 0.774. The van der Waals surface area contributed by atoms with Crippen molar-refractivity contribution in [1.82, 2.24) is 15.5 Å². The van der Waals surface area contributed by atoms with Gasteiger partial charge < -0.3 is 10.6 Å². The first kappa shape index (κ1) is 23.6. The number of rotatable bonds is 7. The van der Waals surface area contributed by atoms with Crippen molar-refractivity contribution in [3.63, 3.8) is 0 Å². The highest BCUT2D eigenvalue weighted by Crippen LogP contribution is 2.19. The predicted molar refractivity (Wildman–Crippen MR) is 121 cm³/mol. The van der Waals surface area contributed by atoms with Crippen LogP contribution in [0.25, 0.3) is 0 Å². The maximum atomic E-state index is 10.7. The average Bonchev–Trinajstić information content (AvgIpc) is 2.65. The smallest absolute Gasteiger partial charge is 0.269 e. The number of nitro benzene ring substituents is 1. The van der Waals surface area contributed by atoms with Crippen LogP contribution in [-0.2, 0) is 6.54 Å². The molecule has 1 saturated heterocycles. The van der Waals surface area contributed by atoms with Crippen LogP contribution in [0.3, 0.4) is 0 Å². The van der Waals surface area contributed by atoms with Gasteiger partial charge in [-0.1, -0.05) is 18.6 Å². The summed E-state index contributed by atoms with van der Waals surface area (Å²) in [7, 11) is 0. The monoisotopic (exact) mass is 489 g/mol. The maximum Gasteiger partial charge on any atom is 0.269 e. The molecule has 1 aromatic carbocycles. The fourth-order valence-corrected chi connectivity index (χ4v) is 3.15. The second-order valence-corrected chi connectivity index (χ2v) is 7.33. The Morgan fingerprint density at radius 3 is 2.37 bits per heavy atom. The highest BCUT2D eigenvalue weighted by Gasteiger charge is 2.27. The van der Waals surface area contributed by atoms with Gasteiger partial charge >= 0.3 is 0 Å². The van der Waals surface area contributed by atoms with Crippen LogP contribution in [0.15, 0.2) is 29.3 Å². The summed E-state index contributed by atoms with van der Waals surface area (Å²) in [5, 5.41) is 17.4. The van der Waals surface area contributed by atoms with E-state index in [1.165, 1.54) is 31.4 Å². The fraction of sp³-hybridized carbons (Fsp3) is 0.632. The third kappa shape index (κ3) is 7.61. The molecule has 1 fully saturated rings. The summed E-state index contributed by atoms with van der Waals surface area (Å²) in [6.45, 7) is 11.0. The number of nitrogens with one attached hydrogen (secondary N) is 2. The van der Waals surface area contributed by atoms with Gasteiger partial charge in [-0.15, -0.1) is 24.0 Å². The topological polar surface area (TPSA) is 82.8 Å². The zero-order valence-corrected chi connectivity index (χ0v) is 18.9. The normalized spacial score (nSPS) is 15.7. The number of nitro groups is 1.